The highest BCUT2D eigenvalue weighted by Gasteiger charge is 2.43. The molecule has 5 heteroatoms. The van der Waals surface area contributed by atoms with Gasteiger partial charge < -0.3 is 15.4 Å². The quantitative estimate of drug-likeness (QED) is 0.754. The summed E-state index contributed by atoms with van der Waals surface area (Å²) >= 11 is 0. The van der Waals surface area contributed by atoms with Crippen molar-refractivity contribution in [2.75, 3.05) is 13.1 Å². The number of amides is 2. The van der Waals surface area contributed by atoms with Crippen LogP contribution in [0.3, 0.4) is 0 Å². The van der Waals surface area contributed by atoms with E-state index in [1.807, 2.05) is 39.0 Å². The number of hydrogen-bond acceptors (Lipinski definition) is 3. The second-order valence-corrected chi connectivity index (χ2v) is 7.29. The van der Waals surface area contributed by atoms with Gasteiger partial charge in [-0.2, -0.15) is 0 Å². The molecule has 1 saturated carbocycles. The smallest absolute Gasteiger partial charge is 0.407 e. The minimum atomic E-state index is -0.475. The Morgan fingerprint density at radius 1 is 1.08 bits per heavy atom. The largest absolute Gasteiger partial charge is 0.444 e. The first-order chi connectivity index (χ1) is 11.4. The van der Waals surface area contributed by atoms with E-state index in [9.17, 15) is 9.59 Å². The van der Waals surface area contributed by atoms with Crippen LogP contribution in [-0.4, -0.2) is 30.7 Å². The first-order valence-corrected chi connectivity index (χ1v) is 8.66. The van der Waals surface area contributed by atoms with Crippen molar-refractivity contribution in [2.24, 2.45) is 5.92 Å². The van der Waals surface area contributed by atoms with Crippen LogP contribution in [-0.2, 0) is 9.53 Å². The number of rotatable bonds is 7. The Balaban J connectivity index is 1.53. The molecule has 5 nitrogen and oxygen atoms in total. The molecule has 0 saturated heterocycles. The number of nitrogens with one attached hydrogen (secondary N) is 2. The van der Waals surface area contributed by atoms with Gasteiger partial charge in [0.15, 0.2) is 0 Å². The molecule has 1 aliphatic carbocycles. The van der Waals surface area contributed by atoms with E-state index in [2.05, 4.69) is 22.8 Å². The molecule has 0 spiro atoms. The van der Waals surface area contributed by atoms with Gasteiger partial charge in [-0.05, 0) is 51.5 Å². The molecule has 1 fully saturated rings. The van der Waals surface area contributed by atoms with E-state index in [1.54, 1.807) is 0 Å². The van der Waals surface area contributed by atoms with Crippen molar-refractivity contribution < 1.29 is 14.3 Å². The summed E-state index contributed by atoms with van der Waals surface area (Å²) in [5.74, 6) is 0.635. The Bertz CT molecular complexity index is 551. The Morgan fingerprint density at radius 2 is 1.71 bits per heavy atom. The first kappa shape index (κ1) is 18.3. The van der Waals surface area contributed by atoms with E-state index in [0.717, 1.165) is 19.3 Å². The van der Waals surface area contributed by atoms with E-state index in [0.29, 0.717) is 19.0 Å². The van der Waals surface area contributed by atoms with Crippen molar-refractivity contribution in [1.29, 1.82) is 0 Å². The lowest BCUT2D eigenvalue weighted by Crippen LogP contribution is -2.33. The minimum Gasteiger partial charge on any atom is -0.444 e. The summed E-state index contributed by atoms with van der Waals surface area (Å²) in [5.41, 5.74) is 0.775. The van der Waals surface area contributed by atoms with Crippen LogP contribution in [0.4, 0.5) is 4.79 Å². The summed E-state index contributed by atoms with van der Waals surface area (Å²) in [7, 11) is 0. The molecule has 24 heavy (non-hydrogen) atoms. The number of hydrogen-bond donors (Lipinski definition) is 2. The topological polar surface area (TPSA) is 67.4 Å². The van der Waals surface area contributed by atoms with Crippen LogP contribution in [0.1, 0.15) is 51.5 Å². The molecule has 0 heterocycles. The summed E-state index contributed by atoms with van der Waals surface area (Å²) in [6, 6.07) is 10.2. The van der Waals surface area contributed by atoms with Gasteiger partial charge in [0.1, 0.15) is 5.60 Å². The highest BCUT2D eigenvalue weighted by molar-refractivity contribution is 5.82. The van der Waals surface area contributed by atoms with Crippen molar-refractivity contribution >= 4 is 12.0 Å². The SMILES string of the molecule is CC(C)(C)OC(=O)NCCCCNC(=O)C1CC1c1ccccc1. The highest BCUT2D eigenvalue weighted by atomic mass is 16.6. The van der Waals surface area contributed by atoms with Crippen molar-refractivity contribution in [3.63, 3.8) is 0 Å². The molecule has 2 amide bonds. The molecule has 2 rings (SSSR count). The van der Waals surface area contributed by atoms with Gasteiger partial charge in [-0.1, -0.05) is 30.3 Å². The van der Waals surface area contributed by atoms with Gasteiger partial charge in [0.05, 0.1) is 0 Å². The fourth-order valence-corrected chi connectivity index (χ4v) is 2.65. The lowest BCUT2D eigenvalue weighted by molar-refractivity contribution is -0.122. The van der Waals surface area contributed by atoms with Crippen molar-refractivity contribution in [3.8, 4) is 0 Å². The van der Waals surface area contributed by atoms with Crippen LogP contribution in [0, 0.1) is 5.92 Å². The van der Waals surface area contributed by atoms with Gasteiger partial charge in [0.25, 0.3) is 0 Å². The maximum Gasteiger partial charge on any atom is 0.407 e. The molecule has 0 bridgehead atoms. The molecule has 1 aliphatic rings. The van der Waals surface area contributed by atoms with Crippen LogP contribution in [0.5, 0.6) is 0 Å². The van der Waals surface area contributed by atoms with Crippen LogP contribution in [0.2, 0.25) is 0 Å². The maximum absolute atomic E-state index is 12.1. The zero-order valence-electron chi connectivity index (χ0n) is 14.8. The molecule has 2 N–H and O–H groups in total. The maximum atomic E-state index is 12.1. The second-order valence-electron chi connectivity index (χ2n) is 7.29. The van der Waals surface area contributed by atoms with E-state index in [1.165, 1.54) is 5.56 Å². The number of carbonyl (C=O) groups is 2. The Morgan fingerprint density at radius 3 is 2.33 bits per heavy atom. The van der Waals surface area contributed by atoms with Gasteiger partial charge in [-0.15, -0.1) is 0 Å². The molecule has 0 aliphatic heterocycles. The number of carbonyl (C=O) groups excluding carboxylic acids is 2. The monoisotopic (exact) mass is 332 g/mol. The summed E-state index contributed by atoms with van der Waals surface area (Å²) in [5, 5.41) is 5.70. The Hall–Kier alpha value is -2.04. The zero-order chi connectivity index (χ0) is 17.6. The lowest BCUT2D eigenvalue weighted by atomic mass is 10.1. The molecule has 2 unspecified atom stereocenters. The number of benzene rings is 1. The van der Waals surface area contributed by atoms with Crippen molar-refractivity contribution in [1.82, 2.24) is 10.6 Å². The van der Waals surface area contributed by atoms with E-state index < -0.39 is 11.7 Å². The molecule has 0 radical (unpaired) electrons. The average molecular weight is 332 g/mol. The average Bonchev–Trinajstić information content (AvgIpc) is 3.30. The van der Waals surface area contributed by atoms with Crippen LogP contribution < -0.4 is 10.6 Å². The molecular formula is C19H28N2O3. The van der Waals surface area contributed by atoms with Crippen LogP contribution >= 0.6 is 0 Å². The number of unbranched alkanes of at least 4 members (excludes halogenated alkanes) is 1. The predicted octanol–water partition coefficient (Wildman–Crippen LogP) is 3.21. The molecule has 1 aromatic carbocycles. The van der Waals surface area contributed by atoms with Crippen LogP contribution in [0.15, 0.2) is 30.3 Å². The summed E-state index contributed by atoms with van der Waals surface area (Å²) in [6.07, 6.45) is 2.20. The summed E-state index contributed by atoms with van der Waals surface area (Å²) in [6.45, 7) is 6.71. The van der Waals surface area contributed by atoms with Crippen molar-refractivity contribution in [3.05, 3.63) is 35.9 Å². The Labute approximate surface area is 144 Å². The molecule has 0 aromatic heterocycles. The number of alkyl carbamates (subject to hydrolysis) is 1. The third-order valence-corrected chi connectivity index (χ3v) is 3.93. The van der Waals surface area contributed by atoms with E-state index in [4.69, 9.17) is 4.74 Å². The lowest BCUT2D eigenvalue weighted by Gasteiger charge is -2.19. The normalized spacial score (nSPS) is 19.5. The van der Waals surface area contributed by atoms with Gasteiger partial charge in [-0.3, -0.25) is 4.79 Å². The van der Waals surface area contributed by atoms with Gasteiger partial charge in [-0.25, -0.2) is 4.79 Å². The molecule has 2 atom stereocenters. The third kappa shape index (κ3) is 6.22. The van der Waals surface area contributed by atoms with E-state index >= 15 is 0 Å². The second kappa shape index (κ2) is 8.18. The molecular weight excluding hydrogens is 304 g/mol. The fraction of sp³-hybridized carbons (Fsp3) is 0.579. The zero-order valence-corrected chi connectivity index (χ0v) is 14.8. The van der Waals surface area contributed by atoms with E-state index in [-0.39, 0.29) is 11.8 Å². The Kier molecular flexibility index (Phi) is 6.23. The third-order valence-electron chi connectivity index (χ3n) is 3.93. The molecule has 132 valence electrons. The first-order valence-electron chi connectivity index (χ1n) is 8.66. The highest BCUT2D eigenvalue weighted by Crippen LogP contribution is 2.47. The number of ether oxygens (including phenoxy) is 1. The standard InChI is InChI=1S/C19H28N2O3/c1-19(2,3)24-18(23)21-12-8-7-11-20-17(22)16-13-15(16)14-9-5-4-6-10-14/h4-6,9-10,15-16H,7-8,11-13H2,1-3H3,(H,20,22)(H,21,23). The van der Waals surface area contributed by atoms with Crippen LogP contribution in [0.25, 0.3) is 0 Å². The summed E-state index contributed by atoms with van der Waals surface area (Å²) in [4.78, 5) is 23.6. The van der Waals surface area contributed by atoms with Gasteiger partial charge >= 0.3 is 6.09 Å². The van der Waals surface area contributed by atoms with Gasteiger partial charge in [0, 0.05) is 19.0 Å². The predicted molar refractivity (Wildman–Crippen MR) is 93.8 cm³/mol. The summed E-state index contributed by atoms with van der Waals surface area (Å²) < 4.78 is 5.16. The molecule has 1 aromatic rings. The fourth-order valence-electron chi connectivity index (χ4n) is 2.65. The van der Waals surface area contributed by atoms with Gasteiger partial charge in [0.2, 0.25) is 5.91 Å². The minimum absolute atomic E-state index is 0.118. The van der Waals surface area contributed by atoms with Crippen molar-refractivity contribution in [2.45, 2.75) is 51.6 Å².